The molecule has 0 aliphatic rings. The summed E-state index contributed by atoms with van der Waals surface area (Å²) in [6, 6.07) is 7.45. The Labute approximate surface area is 142 Å². The highest BCUT2D eigenvalue weighted by molar-refractivity contribution is 5.90. The minimum absolute atomic E-state index is 0.0879. The van der Waals surface area contributed by atoms with Crippen molar-refractivity contribution in [2.45, 2.75) is 45.7 Å². The van der Waals surface area contributed by atoms with Crippen LogP contribution in [0.25, 0.3) is 0 Å². The number of carbonyl (C=O) groups excluding carboxylic acids is 2. The third kappa shape index (κ3) is 5.37. The molecular weight excluding hydrogens is 308 g/mol. The lowest BCUT2D eigenvalue weighted by Crippen LogP contribution is -2.54. The summed E-state index contributed by atoms with van der Waals surface area (Å²) in [5.74, 6) is -1.85. The van der Waals surface area contributed by atoms with E-state index in [-0.39, 0.29) is 24.2 Å². The van der Waals surface area contributed by atoms with Gasteiger partial charge in [0.2, 0.25) is 11.8 Å². The Morgan fingerprint density at radius 3 is 2.25 bits per heavy atom. The van der Waals surface area contributed by atoms with Gasteiger partial charge in [-0.1, -0.05) is 50.6 Å². The zero-order valence-electron chi connectivity index (χ0n) is 14.7. The number of rotatable bonds is 8. The average molecular weight is 334 g/mol. The molecule has 6 heteroatoms. The zero-order valence-corrected chi connectivity index (χ0v) is 14.7. The van der Waals surface area contributed by atoms with Gasteiger partial charge in [0.1, 0.15) is 12.1 Å². The monoisotopic (exact) mass is 334 g/mol. The van der Waals surface area contributed by atoms with Crippen LogP contribution in [0.15, 0.2) is 30.3 Å². The summed E-state index contributed by atoms with van der Waals surface area (Å²) in [6.07, 6.45) is 0.909. The van der Waals surface area contributed by atoms with Gasteiger partial charge in [0.05, 0.1) is 0 Å². The molecule has 132 valence electrons. The van der Waals surface area contributed by atoms with Crippen LogP contribution < -0.4 is 5.32 Å². The lowest BCUT2D eigenvalue weighted by atomic mass is 9.96. The van der Waals surface area contributed by atoms with E-state index in [0.29, 0.717) is 6.42 Å². The van der Waals surface area contributed by atoms with E-state index in [9.17, 15) is 19.5 Å². The molecule has 0 bridgehead atoms. The lowest BCUT2D eigenvalue weighted by molar-refractivity contribution is -0.150. The van der Waals surface area contributed by atoms with Crippen molar-refractivity contribution < 1.29 is 19.5 Å². The Morgan fingerprint density at radius 1 is 1.21 bits per heavy atom. The molecule has 0 heterocycles. The Morgan fingerprint density at radius 2 is 1.79 bits per heavy atom. The molecule has 2 N–H and O–H groups in total. The standard InChI is InChI=1S/C18H26N2O4/c1-5-12(2)16(19-13(3)21)17(22)20(4)15(18(23)24)11-14-9-7-6-8-10-14/h6-10,12,15-16H,5,11H2,1-4H3,(H,19,21)(H,23,24). The average Bonchev–Trinajstić information content (AvgIpc) is 2.56. The van der Waals surface area contributed by atoms with E-state index in [0.717, 1.165) is 5.56 Å². The Balaban J connectivity index is 2.98. The van der Waals surface area contributed by atoms with Gasteiger partial charge < -0.3 is 15.3 Å². The molecule has 0 spiro atoms. The topological polar surface area (TPSA) is 86.7 Å². The van der Waals surface area contributed by atoms with Gasteiger partial charge in [-0.3, -0.25) is 9.59 Å². The highest BCUT2D eigenvalue weighted by Crippen LogP contribution is 2.15. The normalized spacial score (nSPS) is 14.3. The molecule has 0 aliphatic heterocycles. The van der Waals surface area contributed by atoms with Crippen LogP contribution in [0.1, 0.15) is 32.8 Å². The third-order valence-corrected chi connectivity index (χ3v) is 4.21. The predicted molar refractivity (Wildman–Crippen MR) is 91.4 cm³/mol. The van der Waals surface area contributed by atoms with Gasteiger partial charge in [0.25, 0.3) is 0 Å². The molecule has 1 rings (SSSR count). The van der Waals surface area contributed by atoms with Gasteiger partial charge in [-0.2, -0.15) is 0 Å². The van der Waals surface area contributed by atoms with Crippen molar-refractivity contribution in [3.8, 4) is 0 Å². The van der Waals surface area contributed by atoms with E-state index in [1.165, 1.54) is 18.9 Å². The van der Waals surface area contributed by atoms with Crippen molar-refractivity contribution >= 4 is 17.8 Å². The smallest absolute Gasteiger partial charge is 0.326 e. The Hall–Kier alpha value is -2.37. The first-order chi connectivity index (χ1) is 11.3. The van der Waals surface area contributed by atoms with Crippen LogP contribution in [-0.4, -0.2) is 46.9 Å². The van der Waals surface area contributed by atoms with Crippen LogP contribution in [0.4, 0.5) is 0 Å². The van der Waals surface area contributed by atoms with E-state index < -0.39 is 18.1 Å². The molecular formula is C18H26N2O4. The summed E-state index contributed by atoms with van der Waals surface area (Å²) < 4.78 is 0. The molecule has 0 fully saturated rings. The van der Waals surface area contributed by atoms with Crippen molar-refractivity contribution in [3.05, 3.63) is 35.9 Å². The molecule has 0 aromatic heterocycles. The van der Waals surface area contributed by atoms with Crippen molar-refractivity contribution in [1.29, 1.82) is 0 Å². The van der Waals surface area contributed by atoms with Crippen LogP contribution >= 0.6 is 0 Å². The van der Waals surface area contributed by atoms with Crippen LogP contribution in [0.5, 0.6) is 0 Å². The number of nitrogens with zero attached hydrogens (tertiary/aromatic N) is 1. The summed E-state index contributed by atoms with van der Waals surface area (Å²) in [4.78, 5) is 37.0. The molecule has 6 nitrogen and oxygen atoms in total. The fraction of sp³-hybridized carbons (Fsp3) is 0.500. The molecule has 1 aromatic carbocycles. The quantitative estimate of drug-likeness (QED) is 0.757. The van der Waals surface area contributed by atoms with Gasteiger partial charge in [0.15, 0.2) is 0 Å². The summed E-state index contributed by atoms with van der Waals surface area (Å²) in [7, 11) is 1.47. The number of nitrogens with one attached hydrogen (secondary N) is 1. The summed E-state index contributed by atoms with van der Waals surface area (Å²) in [5, 5.41) is 12.2. The first kappa shape index (κ1) is 19.7. The van der Waals surface area contributed by atoms with Crippen LogP contribution in [-0.2, 0) is 20.8 Å². The number of carboxylic acids is 1. The van der Waals surface area contributed by atoms with Crippen molar-refractivity contribution in [1.82, 2.24) is 10.2 Å². The van der Waals surface area contributed by atoms with Crippen molar-refractivity contribution in [2.75, 3.05) is 7.05 Å². The number of benzene rings is 1. The molecule has 0 aliphatic carbocycles. The summed E-state index contributed by atoms with van der Waals surface area (Å²) in [5.41, 5.74) is 0.837. The van der Waals surface area contributed by atoms with Crippen LogP contribution in [0.3, 0.4) is 0 Å². The highest BCUT2D eigenvalue weighted by Gasteiger charge is 2.33. The zero-order chi connectivity index (χ0) is 18.3. The number of hydrogen-bond acceptors (Lipinski definition) is 3. The van der Waals surface area contributed by atoms with E-state index in [1.807, 2.05) is 44.2 Å². The van der Waals surface area contributed by atoms with Gasteiger partial charge in [-0.05, 0) is 11.5 Å². The highest BCUT2D eigenvalue weighted by atomic mass is 16.4. The van der Waals surface area contributed by atoms with Gasteiger partial charge >= 0.3 is 5.97 Å². The van der Waals surface area contributed by atoms with Gasteiger partial charge in [0, 0.05) is 20.4 Å². The minimum atomic E-state index is -1.07. The number of amides is 2. The minimum Gasteiger partial charge on any atom is -0.480 e. The van der Waals surface area contributed by atoms with E-state index >= 15 is 0 Å². The third-order valence-electron chi connectivity index (χ3n) is 4.21. The second-order valence-corrected chi connectivity index (χ2v) is 6.06. The van der Waals surface area contributed by atoms with Crippen LogP contribution in [0.2, 0.25) is 0 Å². The second-order valence-electron chi connectivity index (χ2n) is 6.06. The first-order valence-corrected chi connectivity index (χ1v) is 8.08. The van der Waals surface area contributed by atoms with E-state index in [2.05, 4.69) is 5.32 Å². The second kappa shape index (κ2) is 9.05. The molecule has 1 aromatic rings. The fourth-order valence-electron chi connectivity index (χ4n) is 2.50. The first-order valence-electron chi connectivity index (χ1n) is 8.08. The fourth-order valence-corrected chi connectivity index (χ4v) is 2.50. The summed E-state index contributed by atoms with van der Waals surface area (Å²) in [6.45, 7) is 5.13. The molecule has 3 unspecified atom stereocenters. The largest absolute Gasteiger partial charge is 0.480 e. The number of hydrogen-bond donors (Lipinski definition) is 2. The SMILES string of the molecule is CCC(C)C(NC(C)=O)C(=O)N(C)C(Cc1ccccc1)C(=O)O. The maximum absolute atomic E-state index is 12.8. The maximum Gasteiger partial charge on any atom is 0.326 e. The van der Waals surface area contributed by atoms with E-state index in [4.69, 9.17) is 0 Å². The number of carboxylic acid groups (broad SMARTS) is 1. The number of carbonyl (C=O) groups is 3. The van der Waals surface area contributed by atoms with Gasteiger partial charge in [-0.25, -0.2) is 4.79 Å². The Kier molecular flexibility index (Phi) is 7.42. The number of aliphatic carboxylic acids is 1. The van der Waals surface area contributed by atoms with Crippen LogP contribution in [0, 0.1) is 5.92 Å². The maximum atomic E-state index is 12.8. The Bertz CT molecular complexity index is 574. The molecule has 2 amide bonds. The molecule has 0 saturated heterocycles. The van der Waals surface area contributed by atoms with Crippen molar-refractivity contribution in [3.63, 3.8) is 0 Å². The molecule has 0 radical (unpaired) electrons. The predicted octanol–water partition coefficient (Wildman–Crippen LogP) is 1.69. The molecule has 24 heavy (non-hydrogen) atoms. The lowest BCUT2D eigenvalue weighted by Gasteiger charge is -2.31. The number of likely N-dealkylation sites (N-methyl/N-ethyl adjacent to an activating group) is 1. The molecule has 3 atom stereocenters. The summed E-state index contributed by atoms with van der Waals surface area (Å²) >= 11 is 0. The van der Waals surface area contributed by atoms with Crippen molar-refractivity contribution in [2.24, 2.45) is 5.92 Å². The van der Waals surface area contributed by atoms with Gasteiger partial charge in [-0.15, -0.1) is 0 Å². The molecule has 0 saturated carbocycles. The van der Waals surface area contributed by atoms with E-state index in [1.54, 1.807) is 0 Å².